The minimum Gasteiger partial charge on any atom is -0.489 e. The van der Waals surface area contributed by atoms with Gasteiger partial charge in [0.1, 0.15) is 30.0 Å². The molecular formula is C19H18O3. The van der Waals surface area contributed by atoms with Crippen molar-refractivity contribution in [2.24, 2.45) is 0 Å². The number of ether oxygens (including phenoxy) is 1. The molecule has 1 aromatic heterocycles. The number of furan rings is 1. The van der Waals surface area contributed by atoms with Crippen molar-refractivity contribution in [3.05, 3.63) is 89.4 Å². The average molecular weight is 294 g/mol. The Labute approximate surface area is 129 Å². The third kappa shape index (κ3) is 3.38. The molecule has 0 aliphatic carbocycles. The zero-order valence-corrected chi connectivity index (χ0v) is 12.4. The first kappa shape index (κ1) is 14.4. The van der Waals surface area contributed by atoms with Gasteiger partial charge < -0.3 is 14.3 Å². The maximum absolute atomic E-state index is 10.4. The van der Waals surface area contributed by atoms with Crippen LogP contribution in [0.5, 0.6) is 5.75 Å². The van der Waals surface area contributed by atoms with E-state index in [1.54, 1.807) is 6.07 Å². The molecule has 2 aromatic carbocycles. The predicted molar refractivity (Wildman–Crippen MR) is 84.7 cm³/mol. The van der Waals surface area contributed by atoms with E-state index in [1.807, 2.05) is 67.6 Å². The van der Waals surface area contributed by atoms with E-state index in [0.29, 0.717) is 12.4 Å². The molecule has 112 valence electrons. The molecule has 0 aliphatic heterocycles. The molecule has 22 heavy (non-hydrogen) atoms. The monoisotopic (exact) mass is 294 g/mol. The summed E-state index contributed by atoms with van der Waals surface area (Å²) in [4.78, 5) is 0. The van der Waals surface area contributed by atoms with Gasteiger partial charge in [0, 0.05) is 0 Å². The summed E-state index contributed by atoms with van der Waals surface area (Å²) in [6, 6.07) is 21.1. The van der Waals surface area contributed by atoms with Crippen LogP contribution in [0.3, 0.4) is 0 Å². The van der Waals surface area contributed by atoms with Crippen molar-refractivity contribution in [3.8, 4) is 5.75 Å². The molecule has 0 bridgehead atoms. The summed E-state index contributed by atoms with van der Waals surface area (Å²) in [6.07, 6.45) is -0.783. The highest BCUT2D eigenvalue weighted by Crippen LogP contribution is 2.26. The highest BCUT2D eigenvalue weighted by Gasteiger charge is 2.14. The largest absolute Gasteiger partial charge is 0.489 e. The maximum Gasteiger partial charge on any atom is 0.137 e. The fourth-order valence-corrected chi connectivity index (χ4v) is 2.28. The van der Waals surface area contributed by atoms with E-state index in [4.69, 9.17) is 9.15 Å². The lowest BCUT2D eigenvalue weighted by molar-refractivity contribution is 0.187. The van der Waals surface area contributed by atoms with Crippen LogP contribution in [0.15, 0.2) is 71.1 Å². The van der Waals surface area contributed by atoms with Crippen LogP contribution in [0.4, 0.5) is 0 Å². The molecule has 0 aliphatic rings. The topological polar surface area (TPSA) is 42.6 Å². The van der Waals surface area contributed by atoms with Crippen molar-refractivity contribution in [2.45, 2.75) is 19.6 Å². The minimum atomic E-state index is -0.783. The molecule has 0 radical (unpaired) electrons. The van der Waals surface area contributed by atoms with E-state index < -0.39 is 6.10 Å². The molecule has 1 atom stereocenters. The Kier molecular flexibility index (Phi) is 4.26. The van der Waals surface area contributed by atoms with E-state index >= 15 is 0 Å². The molecule has 1 N–H and O–H groups in total. The summed E-state index contributed by atoms with van der Waals surface area (Å²) in [5.41, 5.74) is 1.86. The number of aliphatic hydroxyl groups is 1. The van der Waals surface area contributed by atoms with E-state index in [-0.39, 0.29) is 0 Å². The zero-order chi connectivity index (χ0) is 15.4. The van der Waals surface area contributed by atoms with Crippen molar-refractivity contribution >= 4 is 0 Å². The van der Waals surface area contributed by atoms with Gasteiger partial charge >= 0.3 is 0 Å². The third-order valence-electron chi connectivity index (χ3n) is 3.45. The van der Waals surface area contributed by atoms with Crippen LogP contribution in [-0.4, -0.2) is 5.11 Å². The number of hydrogen-bond donors (Lipinski definition) is 1. The summed E-state index contributed by atoms with van der Waals surface area (Å²) in [6.45, 7) is 2.36. The van der Waals surface area contributed by atoms with E-state index in [9.17, 15) is 5.11 Å². The molecule has 3 nitrogen and oxygen atoms in total. The number of aliphatic hydroxyl groups excluding tert-OH is 1. The van der Waals surface area contributed by atoms with Crippen LogP contribution in [0, 0.1) is 6.92 Å². The van der Waals surface area contributed by atoms with Crippen LogP contribution in [0.2, 0.25) is 0 Å². The van der Waals surface area contributed by atoms with Gasteiger partial charge in [-0.05, 0) is 42.3 Å². The molecule has 0 spiro atoms. The molecule has 1 heterocycles. The zero-order valence-electron chi connectivity index (χ0n) is 12.4. The molecule has 1 unspecified atom stereocenters. The van der Waals surface area contributed by atoms with Gasteiger partial charge in [-0.3, -0.25) is 0 Å². The number of hydrogen-bond acceptors (Lipinski definition) is 3. The summed E-state index contributed by atoms with van der Waals surface area (Å²) in [5.74, 6) is 2.05. The third-order valence-corrected chi connectivity index (χ3v) is 3.45. The molecule has 3 rings (SSSR count). The molecule has 0 fully saturated rings. The van der Waals surface area contributed by atoms with Crippen molar-refractivity contribution in [1.29, 1.82) is 0 Å². The van der Waals surface area contributed by atoms with Gasteiger partial charge in [0.15, 0.2) is 0 Å². The Hall–Kier alpha value is -2.52. The Balaban J connectivity index is 1.72. The fourth-order valence-electron chi connectivity index (χ4n) is 2.28. The lowest BCUT2D eigenvalue weighted by atomic mass is 10.1. The highest BCUT2D eigenvalue weighted by atomic mass is 16.5. The fraction of sp³-hybridized carbons (Fsp3) is 0.158. The van der Waals surface area contributed by atoms with Crippen molar-refractivity contribution < 1.29 is 14.3 Å². The maximum atomic E-state index is 10.4. The molecule has 3 heteroatoms. The Morgan fingerprint density at radius 3 is 2.55 bits per heavy atom. The van der Waals surface area contributed by atoms with Gasteiger partial charge in [-0.15, -0.1) is 0 Å². The number of benzene rings is 2. The van der Waals surface area contributed by atoms with E-state index in [1.165, 1.54) is 0 Å². The lowest BCUT2D eigenvalue weighted by Crippen LogP contribution is -2.00. The number of rotatable bonds is 5. The lowest BCUT2D eigenvalue weighted by Gasteiger charge is -2.11. The molecule has 0 saturated carbocycles. The summed E-state index contributed by atoms with van der Waals surface area (Å²) in [7, 11) is 0. The van der Waals surface area contributed by atoms with Gasteiger partial charge in [-0.25, -0.2) is 0 Å². The second kappa shape index (κ2) is 6.50. The van der Waals surface area contributed by atoms with Crippen LogP contribution < -0.4 is 4.74 Å². The van der Waals surface area contributed by atoms with Gasteiger partial charge in [-0.1, -0.05) is 42.5 Å². The molecule has 3 aromatic rings. The standard InChI is InChI=1S/C19H18O3/c1-14-10-11-18(22-14)19(20)16-8-5-9-17(12-16)21-13-15-6-3-2-4-7-15/h2-12,19-20H,13H2,1H3. The Bertz CT molecular complexity index is 731. The van der Waals surface area contributed by atoms with E-state index in [2.05, 4.69) is 0 Å². The van der Waals surface area contributed by atoms with Crippen molar-refractivity contribution in [3.63, 3.8) is 0 Å². The van der Waals surface area contributed by atoms with Gasteiger partial charge in [-0.2, -0.15) is 0 Å². The molecule has 0 saturated heterocycles. The van der Waals surface area contributed by atoms with Crippen LogP contribution in [-0.2, 0) is 6.61 Å². The Morgan fingerprint density at radius 1 is 1.00 bits per heavy atom. The number of aryl methyl sites for hydroxylation is 1. The quantitative estimate of drug-likeness (QED) is 0.765. The predicted octanol–water partition coefficient (Wildman–Crippen LogP) is 4.25. The normalized spacial score (nSPS) is 12.1. The van der Waals surface area contributed by atoms with Gasteiger partial charge in [0.05, 0.1) is 0 Å². The van der Waals surface area contributed by atoms with Crippen LogP contribution >= 0.6 is 0 Å². The smallest absolute Gasteiger partial charge is 0.137 e. The summed E-state index contributed by atoms with van der Waals surface area (Å²) < 4.78 is 11.3. The first-order chi connectivity index (χ1) is 10.7. The molecular weight excluding hydrogens is 276 g/mol. The van der Waals surface area contributed by atoms with E-state index in [0.717, 1.165) is 22.6 Å². The average Bonchev–Trinajstić information content (AvgIpc) is 3.00. The van der Waals surface area contributed by atoms with Gasteiger partial charge in [0.2, 0.25) is 0 Å². The van der Waals surface area contributed by atoms with Gasteiger partial charge in [0.25, 0.3) is 0 Å². The first-order valence-electron chi connectivity index (χ1n) is 7.23. The van der Waals surface area contributed by atoms with Crippen molar-refractivity contribution in [2.75, 3.05) is 0 Å². The summed E-state index contributed by atoms with van der Waals surface area (Å²) in [5, 5.41) is 10.4. The second-order valence-corrected chi connectivity index (χ2v) is 5.20. The van der Waals surface area contributed by atoms with Crippen LogP contribution in [0.25, 0.3) is 0 Å². The molecule has 0 amide bonds. The van der Waals surface area contributed by atoms with Crippen molar-refractivity contribution in [1.82, 2.24) is 0 Å². The SMILES string of the molecule is Cc1ccc(C(O)c2cccc(OCc3ccccc3)c2)o1. The second-order valence-electron chi connectivity index (χ2n) is 5.20. The Morgan fingerprint density at radius 2 is 1.82 bits per heavy atom. The summed E-state index contributed by atoms with van der Waals surface area (Å²) >= 11 is 0. The highest BCUT2D eigenvalue weighted by molar-refractivity contribution is 5.33. The first-order valence-corrected chi connectivity index (χ1v) is 7.23. The minimum absolute atomic E-state index is 0.500. The van der Waals surface area contributed by atoms with Crippen LogP contribution in [0.1, 0.15) is 28.8 Å².